The zero-order valence-corrected chi connectivity index (χ0v) is 27.0. The van der Waals surface area contributed by atoms with Crippen LogP contribution in [0.25, 0.3) is 0 Å². The molecule has 0 aromatic heterocycles. The van der Waals surface area contributed by atoms with E-state index in [2.05, 4.69) is 65.0 Å². The second-order valence-corrected chi connectivity index (χ2v) is 11.1. The van der Waals surface area contributed by atoms with E-state index >= 15 is 0 Å². The molecule has 2 nitrogen and oxygen atoms in total. The first kappa shape index (κ1) is 45.0. The van der Waals surface area contributed by atoms with Gasteiger partial charge in [-0.2, -0.15) is 8.78 Å². The first-order valence-electron chi connectivity index (χ1n) is 14.6. The van der Waals surface area contributed by atoms with Gasteiger partial charge in [-0.3, -0.25) is 0 Å². The Labute approximate surface area is 256 Å². The minimum Gasteiger partial charge on any atom is -0.403 e. The van der Waals surface area contributed by atoms with Crippen molar-refractivity contribution in [2.45, 2.75) is 118 Å². The largest absolute Gasteiger partial charge is 0.573 e. The number of rotatable bonds is 19. The molecule has 0 rings (SSSR count). The van der Waals surface area contributed by atoms with E-state index in [4.69, 9.17) is 4.74 Å². The third-order valence-electron chi connectivity index (χ3n) is 6.72. The predicted octanol–water partition coefficient (Wildman–Crippen LogP) is 12.4. The first-order valence-corrected chi connectivity index (χ1v) is 14.6. The van der Waals surface area contributed by atoms with Crippen molar-refractivity contribution in [2.24, 2.45) is 23.7 Å². The molecule has 0 N–H and O–H groups in total. The summed E-state index contributed by atoms with van der Waals surface area (Å²) in [5.74, 6) is -2.24. The molecule has 0 amide bonds. The fourth-order valence-electron chi connectivity index (χ4n) is 3.66. The number of hydrogen-bond acceptors (Lipinski definition) is 2. The van der Waals surface area contributed by atoms with Gasteiger partial charge in [0.25, 0.3) is 0 Å². The fourth-order valence-corrected chi connectivity index (χ4v) is 3.66. The maximum Gasteiger partial charge on any atom is 0.573 e. The van der Waals surface area contributed by atoms with E-state index in [1.165, 1.54) is 13.3 Å². The zero-order chi connectivity index (χ0) is 34.4. The van der Waals surface area contributed by atoms with Gasteiger partial charge in [-0.1, -0.05) is 72.8 Å². The molecule has 0 heterocycles. The third kappa shape index (κ3) is 25.7. The van der Waals surface area contributed by atoms with E-state index in [0.717, 1.165) is 31.8 Å². The molecule has 0 fully saturated rings. The molecule has 9 heteroatoms. The molecule has 4 atom stereocenters. The van der Waals surface area contributed by atoms with Gasteiger partial charge in [0.05, 0.1) is 6.10 Å². The minimum atomic E-state index is -5.02. The molecule has 0 aliphatic carbocycles. The maximum absolute atomic E-state index is 14.2. The van der Waals surface area contributed by atoms with Crippen LogP contribution in [-0.4, -0.2) is 18.6 Å². The summed E-state index contributed by atoms with van der Waals surface area (Å²) >= 11 is 0. The van der Waals surface area contributed by atoms with Crippen molar-refractivity contribution in [3.05, 3.63) is 61.0 Å². The van der Waals surface area contributed by atoms with Crippen molar-refractivity contribution in [1.29, 1.82) is 0 Å². The van der Waals surface area contributed by atoms with Crippen LogP contribution in [0.5, 0.6) is 0 Å². The van der Waals surface area contributed by atoms with Gasteiger partial charge in [-0.05, 0) is 75.4 Å². The molecule has 0 spiro atoms. The van der Waals surface area contributed by atoms with Crippen LogP contribution in [0.1, 0.15) is 99.8 Å². The van der Waals surface area contributed by atoms with E-state index in [1.54, 1.807) is 13.8 Å². The quantitative estimate of drug-likeness (QED) is 0.0355. The summed E-state index contributed by atoms with van der Waals surface area (Å²) in [5.41, 5.74) is -0.0370. The van der Waals surface area contributed by atoms with Crippen LogP contribution in [0, 0.1) is 36.5 Å². The number of hydrogen-bond donors (Lipinski definition) is 0. The average molecular weight is 627 g/mol. The van der Waals surface area contributed by atoms with E-state index in [-0.39, 0.29) is 12.0 Å². The summed E-state index contributed by atoms with van der Waals surface area (Å²) in [5, 5.41) is 0. The highest BCUT2D eigenvalue weighted by Gasteiger charge is 2.39. The van der Waals surface area contributed by atoms with Crippen molar-refractivity contribution in [1.82, 2.24) is 0 Å². The average Bonchev–Trinajstić information content (AvgIpc) is 2.90. The molecule has 0 radical (unpaired) electrons. The summed E-state index contributed by atoms with van der Waals surface area (Å²) in [6.07, 6.45) is 9.34. The number of alkyl halides is 5. The summed E-state index contributed by atoms with van der Waals surface area (Å²) in [4.78, 5) is 0. The molecule has 0 saturated carbocycles. The molecule has 0 aliphatic rings. The Hall–Kier alpha value is -2.47. The van der Waals surface area contributed by atoms with Gasteiger partial charge in [0.2, 0.25) is 0 Å². The second-order valence-electron chi connectivity index (χ2n) is 11.1. The Morgan fingerprint density at radius 1 is 0.837 bits per heavy atom. The number of terminal acetylenes is 1. The van der Waals surface area contributed by atoms with Crippen molar-refractivity contribution in [3.8, 4) is 12.8 Å². The van der Waals surface area contributed by atoms with Crippen LogP contribution in [0.3, 0.4) is 0 Å². The maximum atomic E-state index is 14.2. The Bertz CT molecular complexity index is 870. The van der Waals surface area contributed by atoms with E-state index < -0.39 is 41.9 Å². The SMILES string of the molecule is C#C.C=C(/C=C(/F)C(=C)OC(F)(F)F)C/C(F)=C\C.C=CCCCC(C)C(C)CCC(C)OC(F)(F)C(C)CCC(C)C. The number of allylic oxidation sites excluding steroid dienone is 6. The summed E-state index contributed by atoms with van der Waals surface area (Å²) in [6.45, 7) is 23.2. The lowest BCUT2D eigenvalue weighted by Crippen LogP contribution is -2.33. The van der Waals surface area contributed by atoms with Gasteiger partial charge in [0.15, 0.2) is 11.6 Å². The number of halogens is 7. The van der Waals surface area contributed by atoms with Crippen molar-refractivity contribution in [2.75, 3.05) is 0 Å². The molecule has 43 heavy (non-hydrogen) atoms. The van der Waals surface area contributed by atoms with Gasteiger partial charge in [-0.25, -0.2) is 8.78 Å². The lowest BCUT2D eigenvalue weighted by Gasteiger charge is -2.28. The molecule has 0 bridgehead atoms. The molecule has 0 aliphatic heterocycles. The molecule has 250 valence electrons. The zero-order valence-electron chi connectivity index (χ0n) is 27.0. The van der Waals surface area contributed by atoms with E-state index in [9.17, 15) is 30.7 Å². The van der Waals surface area contributed by atoms with Gasteiger partial charge in [-0.15, -0.1) is 32.6 Å². The third-order valence-corrected chi connectivity index (χ3v) is 6.72. The Balaban J connectivity index is -0.000000740. The monoisotopic (exact) mass is 626 g/mol. The van der Waals surface area contributed by atoms with Crippen LogP contribution in [0.4, 0.5) is 30.7 Å². The highest BCUT2D eigenvalue weighted by Crippen LogP contribution is 2.33. The van der Waals surface area contributed by atoms with Crippen LogP contribution >= 0.6 is 0 Å². The van der Waals surface area contributed by atoms with Crippen LogP contribution in [-0.2, 0) is 9.47 Å². The number of unbranched alkanes of at least 4 members (excludes halogenated alkanes) is 1. The Morgan fingerprint density at radius 2 is 1.37 bits per heavy atom. The van der Waals surface area contributed by atoms with Gasteiger partial charge in [0.1, 0.15) is 5.83 Å². The Morgan fingerprint density at radius 3 is 1.84 bits per heavy atom. The highest BCUT2D eigenvalue weighted by atomic mass is 19.4. The standard InChI is InChI=1S/C21H40F2O.C11H11F5O.C2H2/c1-8-9-10-11-17(4)18(5)13-15-20(7)24-21(22,23)19(6)14-12-16(2)3;1-4-9(12)5-7(2)6-10(13)8(3)17-11(14,15)16;1-2/h8,16-20H,1,9-15H2,2-7H3;4,6H,2-3,5H2,1H3;1-2H/b;9-4+,10-6+;. The topological polar surface area (TPSA) is 18.5 Å². The molecule has 0 aromatic carbocycles. The Kier molecular flexibility index (Phi) is 25.0. The smallest absolute Gasteiger partial charge is 0.403 e. The lowest BCUT2D eigenvalue weighted by atomic mass is 9.87. The molecular formula is C34H53F7O2. The number of ether oxygens (including phenoxy) is 2. The van der Waals surface area contributed by atoms with E-state index in [1.807, 2.05) is 6.08 Å². The first-order chi connectivity index (χ1) is 19.7. The van der Waals surface area contributed by atoms with Crippen LogP contribution in [0.15, 0.2) is 61.0 Å². The summed E-state index contributed by atoms with van der Waals surface area (Å²) in [6, 6.07) is 0. The molecule has 4 unspecified atom stereocenters. The van der Waals surface area contributed by atoms with Gasteiger partial charge < -0.3 is 9.47 Å². The summed E-state index contributed by atoms with van der Waals surface area (Å²) < 4.78 is 97.6. The van der Waals surface area contributed by atoms with Crippen molar-refractivity contribution >= 4 is 0 Å². The fraction of sp³-hybridized carbons (Fsp3) is 0.647. The minimum absolute atomic E-state index is 0.0370. The van der Waals surface area contributed by atoms with Crippen molar-refractivity contribution < 1.29 is 40.2 Å². The molecule has 0 aromatic rings. The highest BCUT2D eigenvalue weighted by molar-refractivity contribution is 5.28. The molecular weight excluding hydrogens is 573 g/mol. The van der Waals surface area contributed by atoms with Crippen LogP contribution < -0.4 is 0 Å². The lowest BCUT2D eigenvalue weighted by molar-refractivity contribution is -0.304. The van der Waals surface area contributed by atoms with Crippen LogP contribution in [0.2, 0.25) is 0 Å². The summed E-state index contributed by atoms with van der Waals surface area (Å²) in [7, 11) is 0. The van der Waals surface area contributed by atoms with E-state index in [0.29, 0.717) is 36.7 Å². The van der Waals surface area contributed by atoms with Gasteiger partial charge >= 0.3 is 12.5 Å². The second kappa shape index (κ2) is 23.9. The predicted molar refractivity (Wildman–Crippen MR) is 164 cm³/mol. The normalized spacial score (nSPS) is 15.2. The van der Waals surface area contributed by atoms with Crippen molar-refractivity contribution in [3.63, 3.8) is 0 Å². The molecule has 0 saturated heterocycles. The van der Waals surface area contributed by atoms with Gasteiger partial charge in [0, 0.05) is 12.3 Å².